The molecule has 2 aliphatic rings. The fourth-order valence-corrected chi connectivity index (χ4v) is 3.36. The quantitative estimate of drug-likeness (QED) is 0.410. The van der Waals surface area contributed by atoms with E-state index in [9.17, 15) is 4.39 Å². The fourth-order valence-electron chi connectivity index (χ4n) is 3.36. The summed E-state index contributed by atoms with van der Waals surface area (Å²) in [5.41, 5.74) is 1.33. The molecule has 2 fully saturated rings. The molecule has 0 bridgehead atoms. The highest BCUT2D eigenvalue weighted by molar-refractivity contribution is 5.79. The molecule has 0 spiro atoms. The van der Waals surface area contributed by atoms with E-state index in [2.05, 4.69) is 15.6 Å². The molecule has 0 aromatic heterocycles. The maximum atomic E-state index is 13.2. The van der Waals surface area contributed by atoms with Crippen LogP contribution in [0.1, 0.15) is 44.1 Å². The van der Waals surface area contributed by atoms with E-state index in [1.165, 1.54) is 24.8 Å². The number of guanidine groups is 1. The first-order valence-electron chi connectivity index (χ1n) is 9.50. The zero-order chi connectivity index (χ0) is 17.5. The van der Waals surface area contributed by atoms with Crippen molar-refractivity contribution in [1.82, 2.24) is 10.6 Å². The van der Waals surface area contributed by atoms with Crippen molar-refractivity contribution in [1.29, 1.82) is 0 Å². The molecule has 5 heteroatoms. The lowest BCUT2D eigenvalue weighted by Crippen LogP contribution is -2.49. The van der Waals surface area contributed by atoms with Crippen LogP contribution in [0, 0.1) is 11.7 Å². The van der Waals surface area contributed by atoms with Gasteiger partial charge in [0, 0.05) is 38.8 Å². The van der Waals surface area contributed by atoms with Crippen LogP contribution in [0.4, 0.5) is 4.39 Å². The Morgan fingerprint density at radius 2 is 2.00 bits per heavy atom. The number of ether oxygens (including phenoxy) is 1. The Morgan fingerprint density at radius 1 is 1.24 bits per heavy atom. The number of hydrogen-bond donors (Lipinski definition) is 2. The van der Waals surface area contributed by atoms with E-state index in [4.69, 9.17) is 4.74 Å². The van der Waals surface area contributed by atoms with Gasteiger partial charge in [0.2, 0.25) is 0 Å². The normalized spacial score (nSPS) is 19.4. The first-order chi connectivity index (χ1) is 12.2. The summed E-state index contributed by atoms with van der Waals surface area (Å²) in [5.74, 6) is 1.48. The number of aliphatic imine (C=N–C) groups is 1. The van der Waals surface area contributed by atoms with Crippen molar-refractivity contribution in [3.05, 3.63) is 35.6 Å². The molecule has 3 rings (SSSR count). The van der Waals surface area contributed by atoms with Gasteiger partial charge < -0.3 is 15.4 Å². The van der Waals surface area contributed by atoms with Crippen LogP contribution >= 0.6 is 0 Å². The minimum atomic E-state index is -0.174. The molecule has 1 aromatic rings. The molecule has 2 aliphatic carbocycles. The Morgan fingerprint density at radius 3 is 2.60 bits per heavy atom. The third kappa shape index (κ3) is 5.18. The summed E-state index contributed by atoms with van der Waals surface area (Å²) in [6, 6.07) is 6.96. The van der Waals surface area contributed by atoms with E-state index in [-0.39, 0.29) is 11.2 Å². The van der Waals surface area contributed by atoms with Gasteiger partial charge in [-0.15, -0.1) is 0 Å². The summed E-state index contributed by atoms with van der Waals surface area (Å²) in [4.78, 5) is 4.31. The van der Waals surface area contributed by atoms with Crippen LogP contribution in [0.25, 0.3) is 0 Å². The van der Waals surface area contributed by atoms with E-state index >= 15 is 0 Å². The number of benzene rings is 1. The van der Waals surface area contributed by atoms with E-state index in [1.807, 2.05) is 12.1 Å². The van der Waals surface area contributed by atoms with Crippen molar-refractivity contribution >= 4 is 5.96 Å². The van der Waals surface area contributed by atoms with Gasteiger partial charge in [-0.25, -0.2) is 4.39 Å². The highest BCUT2D eigenvalue weighted by atomic mass is 19.1. The summed E-state index contributed by atoms with van der Waals surface area (Å²) < 4.78 is 18.8. The Balaban J connectivity index is 1.39. The molecular weight excluding hydrogens is 317 g/mol. The standard InChI is InChI=1S/C20H30FN3O/c1-22-19(23-12-3-13-25-14-16-4-5-16)24-15-20(10-2-11-20)17-6-8-18(21)9-7-17/h6-9,16H,2-5,10-15H2,1H3,(H2,22,23,24). The van der Waals surface area contributed by atoms with Crippen LogP contribution < -0.4 is 10.6 Å². The van der Waals surface area contributed by atoms with Gasteiger partial charge in [-0.3, -0.25) is 4.99 Å². The first kappa shape index (κ1) is 18.2. The van der Waals surface area contributed by atoms with Gasteiger partial charge in [0.25, 0.3) is 0 Å². The molecule has 0 amide bonds. The second-order valence-corrected chi connectivity index (χ2v) is 7.37. The van der Waals surface area contributed by atoms with Gasteiger partial charge in [-0.2, -0.15) is 0 Å². The highest BCUT2D eigenvalue weighted by Gasteiger charge is 2.38. The highest BCUT2D eigenvalue weighted by Crippen LogP contribution is 2.43. The van der Waals surface area contributed by atoms with Gasteiger partial charge in [0.1, 0.15) is 5.82 Å². The van der Waals surface area contributed by atoms with Gasteiger partial charge >= 0.3 is 0 Å². The summed E-state index contributed by atoms with van der Waals surface area (Å²) in [7, 11) is 1.80. The second kappa shape index (κ2) is 8.65. The van der Waals surface area contributed by atoms with Crippen molar-refractivity contribution in [2.75, 3.05) is 33.4 Å². The molecule has 0 atom stereocenters. The molecule has 25 heavy (non-hydrogen) atoms. The molecule has 0 aliphatic heterocycles. The minimum Gasteiger partial charge on any atom is -0.381 e. The largest absolute Gasteiger partial charge is 0.381 e. The molecule has 0 heterocycles. The average Bonchev–Trinajstić information content (AvgIpc) is 3.40. The predicted molar refractivity (Wildman–Crippen MR) is 99.5 cm³/mol. The van der Waals surface area contributed by atoms with Crippen LogP contribution in [0.5, 0.6) is 0 Å². The van der Waals surface area contributed by atoms with E-state index in [1.54, 1.807) is 19.2 Å². The third-order valence-electron chi connectivity index (χ3n) is 5.39. The molecule has 2 N–H and O–H groups in total. The first-order valence-corrected chi connectivity index (χ1v) is 9.50. The van der Waals surface area contributed by atoms with Gasteiger partial charge in [-0.1, -0.05) is 18.6 Å². The molecule has 0 radical (unpaired) electrons. The lowest BCUT2D eigenvalue weighted by molar-refractivity contribution is 0.123. The fraction of sp³-hybridized carbons (Fsp3) is 0.650. The SMILES string of the molecule is CN=C(NCCCOCC1CC1)NCC1(c2ccc(F)cc2)CCC1. The van der Waals surface area contributed by atoms with Crippen molar-refractivity contribution in [3.8, 4) is 0 Å². The maximum absolute atomic E-state index is 13.2. The predicted octanol–water partition coefficient (Wildman–Crippen LogP) is 3.23. The van der Waals surface area contributed by atoms with E-state index < -0.39 is 0 Å². The van der Waals surface area contributed by atoms with E-state index in [0.29, 0.717) is 0 Å². The zero-order valence-electron chi connectivity index (χ0n) is 15.2. The average molecular weight is 347 g/mol. The zero-order valence-corrected chi connectivity index (χ0v) is 15.2. The Hall–Kier alpha value is -1.62. The molecule has 138 valence electrons. The van der Waals surface area contributed by atoms with Crippen molar-refractivity contribution in [3.63, 3.8) is 0 Å². The summed E-state index contributed by atoms with van der Waals surface area (Å²) in [5, 5.41) is 6.80. The smallest absolute Gasteiger partial charge is 0.191 e. The molecule has 4 nitrogen and oxygen atoms in total. The van der Waals surface area contributed by atoms with Gasteiger partial charge in [-0.05, 0) is 55.7 Å². The lowest BCUT2D eigenvalue weighted by atomic mass is 9.64. The molecule has 0 unspecified atom stereocenters. The second-order valence-electron chi connectivity index (χ2n) is 7.37. The number of nitrogens with one attached hydrogen (secondary N) is 2. The lowest BCUT2D eigenvalue weighted by Gasteiger charge is -2.43. The molecule has 1 aromatic carbocycles. The Bertz CT molecular complexity index is 565. The summed E-state index contributed by atoms with van der Waals surface area (Å²) in [6.07, 6.45) is 7.16. The molecule has 2 saturated carbocycles. The number of hydrogen-bond acceptors (Lipinski definition) is 2. The van der Waals surface area contributed by atoms with Crippen LogP contribution in [-0.2, 0) is 10.2 Å². The number of nitrogens with zero attached hydrogens (tertiary/aromatic N) is 1. The molecular formula is C20H30FN3O. The van der Waals surface area contributed by atoms with Crippen LogP contribution in [0.15, 0.2) is 29.3 Å². The van der Waals surface area contributed by atoms with Gasteiger partial charge in [0.05, 0.1) is 0 Å². The van der Waals surface area contributed by atoms with Crippen molar-refractivity contribution in [2.45, 2.75) is 43.9 Å². The minimum absolute atomic E-state index is 0.110. The maximum Gasteiger partial charge on any atom is 0.191 e. The van der Waals surface area contributed by atoms with Crippen molar-refractivity contribution in [2.24, 2.45) is 10.9 Å². The summed E-state index contributed by atoms with van der Waals surface area (Å²) in [6.45, 7) is 3.41. The number of halogens is 1. The summed E-state index contributed by atoms with van der Waals surface area (Å²) >= 11 is 0. The van der Waals surface area contributed by atoms with Crippen LogP contribution in [0.3, 0.4) is 0 Å². The van der Waals surface area contributed by atoms with Crippen molar-refractivity contribution < 1.29 is 9.13 Å². The Labute approximate surface area is 150 Å². The molecule has 0 saturated heterocycles. The van der Waals surface area contributed by atoms with Crippen LogP contribution in [0.2, 0.25) is 0 Å². The number of rotatable bonds is 9. The van der Waals surface area contributed by atoms with Crippen LogP contribution in [-0.4, -0.2) is 39.3 Å². The van der Waals surface area contributed by atoms with Gasteiger partial charge in [0.15, 0.2) is 5.96 Å². The topological polar surface area (TPSA) is 45.7 Å². The monoisotopic (exact) mass is 347 g/mol. The van der Waals surface area contributed by atoms with E-state index in [0.717, 1.165) is 57.4 Å². The third-order valence-corrected chi connectivity index (χ3v) is 5.39. The Kier molecular flexibility index (Phi) is 6.29.